The standard InChI is InChI=1S/C19H20Cl2N2OS/c20-14-4-7-16(8-5-14)25-13-19(24)22-17-12-15(21)6-9-18(17)23-10-2-1-3-11-23/h4-9,12H,1-3,10-11,13H2,(H,22,24). The highest BCUT2D eigenvalue weighted by molar-refractivity contribution is 8.00. The van der Waals surface area contributed by atoms with Crippen molar-refractivity contribution >= 4 is 52.2 Å². The summed E-state index contributed by atoms with van der Waals surface area (Å²) in [6.45, 7) is 2.04. The van der Waals surface area contributed by atoms with Crippen LogP contribution in [0.2, 0.25) is 10.0 Å². The lowest BCUT2D eigenvalue weighted by molar-refractivity contribution is -0.113. The van der Waals surface area contributed by atoms with Crippen LogP contribution < -0.4 is 10.2 Å². The quantitative estimate of drug-likeness (QED) is 0.658. The summed E-state index contributed by atoms with van der Waals surface area (Å²) in [6.07, 6.45) is 3.63. The van der Waals surface area contributed by atoms with E-state index in [-0.39, 0.29) is 5.91 Å². The third-order valence-corrected chi connectivity index (χ3v) is 5.61. The van der Waals surface area contributed by atoms with E-state index in [4.69, 9.17) is 23.2 Å². The van der Waals surface area contributed by atoms with Crippen LogP contribution >= 0.6 is 35.0 Å². The summed E-state index contributed by atoms with van der Waals surface area (Å²) < 4.78 is 0. The van der Waals surface area contributed by atoms with E-state index in [1.54, 1.807) is 0 Å². The first-order valence-corrected chi connectivity index (χ1v) is 10.1. The Hall–Kier alpha value is -1.36. The van der Waals surface area contributed by atoms with Crippen molar-refractivity contribution in [3.8, 4) is 0 Å². The molecule has 1 fully saturated rings. The minimum Gasteiger partial charge on any atom is -0.370 e. The van der Waals surface area contributed by atoms with Gasteiger partial charge in [-0.05, 0) is 61.7 Å². The van der Waals surface area contributed by atoms with Gasteiger partial charge in [-0.1, -0.05) is 23.2 Å². The van der Waals surface area contributed by atoms with Gasteiger partial charge < -0.3 is 10.2 Å². The van der Waals surface area contributed by atoms with Gasteiger partial charge in [-0.25, -0.2) is 0 Å². The van der Waals surface area contributed by atoms with Gasteiger partial charge in [0.15, 0.2) is 0 Å². The zero-order valence-corrected chi connectivity index (χ0v) is 16.1. The van der Waals surface area contributed by atoms with Gasteiger partial charge in [-0.3, -0.25) is 4.79 Å². The second kappa shape index (κ2) is 8.84. The van der Waals surface area contributed by atoms with E-state index in [0.29, 0.717) is 15.8 Å². The average molecular weight is 395 g/mol. The Bertz CT molecular complexity index is 731. The summed E-state index contributed by atoms with van der Waals surface area (Å²) in [5, 5.41) is 4.34. The number of nitrogens with one attached hydrogen (secondary N) is 1. The number of amides is 1. The largest absolute Gasteiger partial charge is 0.370 e. The Kier molecular flexibility index (Phi) is 6.51. The maximum absolute atomic E-state index is 12.4. The summed E-state index contributed by atoms with van der Waals surface area (Å²) in [5.74, 6) is 0.300. The highest BCUT2D eigenvalue weighted by Gasteiger charge is 2.16. The van der Waals surface area contributed by atoms with Crippen LogP contribution in [0.15, 0.2) is 47.4 Å². The van der Waals surface area contributed by atoms with Crippen molar-refractivity contribution in [2.75, 3.05) is 29.1 Å². The number of anilines is 2. The maximum atomic E-state index is 12.4. The Morgan fingerprint density at radius 3 is 2.40 bits per heavy atom. The van der Waals surface area contributed by atoms with Gasteiger partial charge in [0.25, 0.3) is 0 Å². The summed E-state index contributed by atoms with van der Waals surface area (Å²) in [7, 11) is 0. The molecule has 0 unspecified atom stereocenters. The van der Waals surface area contributed by atoms with Crippen molar-refractivity contribution in [2.24, 2.45) is 0 Å². The summed E-state index contributed by atoms with van der Waals surface area (Å²) in [5.41, 5.74) is 1.84. The van der Waals surface area contributed by atoms with Gasteiger partial charge in [0.05, 0.1) is 17.1 Å². The number of nitrogens with zero attached hydrogens (tertiary/aromatic N) is 1. The van der Waals surface area contributed by atoms with Gasteiger partial charge in [0, 0.05) is 28.0 Å². The van der Waals surface area contributed by atoms with E-state index < -0.39 is 0 Å². The molecule has 0 atom stereocenters. The van der Waals surface area contributed by atoms with Crippen molar-refractivity contribution in [2.45, 2.75) is 24.2 Å². The molecular weight excluding hydrogens is 375 g/mol. The first kappa shape index (κ1) is 18.4. The Labute approximate surface area is 162 Å². The van der Waals surface area contributed by atoms with Gasteiger partial charge in [0.1, 0.15) is 0 Å². The van der Waals surface area contributed by atoms with E-state index in [0.717, 1.165) is 29.4 Å². The number of carbonyl (C=O) groups excluding carboxylic acids is 1. The van der Waals surface area contributed by atoms with Crippen LogP contribution in [0.3, 0.4) is 0 Å². The molecule has 2 aromatic carbocycles. The molecule has 6 heteroatoms. The maximum Gasteiger partial charge on any atom is 0.234 e. The van der Waals surface area contributed by atoms with E-state index in [9.17, 15) is 4.79 Å². The molecule has 1 N–H and O–H groups in total. The molecule has 0 aliphatic carbocycles. The predicted molar refractivity (Wildman–Crippen MR) is 108 cm³/mol. The molecular formula is C19H20Cl2N2OS. The second-order valence-electron chi connectivity index (χ2n) is 6.00. The molecule has 132 valence electrons. The molecule has 1 amide bonds. The molecule has 1 aliphatic heterocycles. The first-order chi connectivity index (χ1) is 12.1. The highest BCUT2D eigenvalue weighted by atomic mass is 35.5. The normalized spacial score (nSPS) is 14.4. The van der Waals surface area contributed by atoms with Gasteiger partial charge in [0.2, 0.25) is 5.91 Å². The minimum absolute atomic E-state index is 0.0412. The fourth-order valence-electron chi connectivity index (χ4n) is 2.88. The molecule has 3 rings (SSSR count). The van der Waals surface area contributed by atoms with Crippen LogP contribution in [0.5, 0.6) is 0 Å². The molecule has 1 aliphatic rings. The Morgan fingerprint density at radius 2 is 1.68 bits per heavy atom. The fraction of sp³-hybridized carbons (Fsp3) is 0.316. The number of hydrogen-bond donors (Lipinski definition) is 1. The lowest BCUT2D eigenvalue weighted by Gasteiger charge is -2.30. The van der Waals surface area contributed by atoms with Crippen LogP contribution in [0.4, 0.5) is 11.4 Å². The predicted octanol–water partition coefficient (Wildman–Crippen LogP) is 5.71. The van der Waals surface area contributed by atoms with Crippen molar-refractivity contribution in [3.63, 3.8) is 0 Å². The fourth-order valence-corrected chi connectivity index (χ4v) is 3.88. The Balaban J connectivity index is 1.65. The Morgan fingerprint density at radius 1 is 1.00 bits per heavy atom. The van der Waals surface area contributed by atoms with E-state index >= 15 is 0 Å². The van der Waals surface area contributed by atoms with Crippen molar-refractivity contribution < 1.29 is 4.79 Å². The van der Waals surface area contributed by atoms with Crippen molar-refractivity contribution in [1.29, 1.82) is 0 Å². The SMILES string of the molecule is O=C(CSc1ccc(Cl)cc1)Nc1cc(Cl)ccc1N1CCCCC1. The molecule has 0 spiro atoms. The molecule has 0 aromatic heterocycles. The highest BCUT2D eigenvalue weighted by Crippen LogP contribution is 2.31. The third kappa shape index (κ3) is 5.30. The summed E-state index contributed by atoms with van der Waals surface area (Å²) >= 11 is 13.5. The van der Waals surface area contributed by atoms with E-state index in [2.05, 4.69) is 10.2 Å². The van der Waals surface area contributed by atoms with Gasteiger partial charge in [-0.15, -0.1) is 11.8 Å². The lowest BCUT2D eigenvalue weighted by atomic mass is 10.1. The number of rotatable bonds is 5. The number of carbonyl (C=O) groups is 1. The third-order valence-electron chi connectivity index (χ3n) is 4.11. The number of thioether (sulfide) groups is 1. The van der Waals surface area contributed by atoms with Crippen LogP contribution in [-0.2, 0) is 4.79 Å². The zero-order valence-electron chi connectivity index (χ0n) is 13.8. The minimum atomic E-state index is -0.0412. The molecule has 2 aromatic rings. The lowest BCUT2D eigenvalue weighted by Crippen LogP contribution is -2.30. The van der Waals surface area contributed by atoms with Crippen molar-refractivity contribution in [1.82, 2.24) is 0 Å². The number of hydrogen-bond acceptors (Lipinski definition) is 3. The molecule has 0 bridgehead atoms. The number of benzene rings is 2. The van der Waals surface area contributed by atoms with E-state index in [1.807, 2.05) is 42.5 Å². The molecule has 0 radical (unpaired) electrons. The second-order valence-corrected chi connectivity index (χ2v) is 7.92. The molecule has 0 saturated carbocycles. The molecule has 1 heterocycles. The molecule has 3 nitrogen and oxygen atoms in total. The smallest absolute Gasteiger partial charge is 0.234 e. The monoisotopic (exact) mass is 394 g/mol. The summed E-state index contributed by atoms with van der Waals surface area (Å²) in [4.78, 5) is 15.7. The van der Waals surface area contributed by atoms with Crippen LogP contribution in [0.1, 0.15) is 19.3 Å². The average Bonchev–Trinajstić information content (AvgIpc) is 2.62. The van der Waals surface area contributed by atoms with Crippen molar-refractivity contribution in [3.05, 3.63) is 52.5 Å². The summed E-state index contributed by atoms with van der Waals surface area (Å²) in [6, 6.07) is 13.2. The van der Waals surface area contributed by atoms with Gasteiger partial charge >= 0.3 is 0 Å². The molecule has 25 heavy (non-hydrogen) atoms. The zero-order chi connectivity index (χ0) is 17.6. The number of halogens is 2. The van der Waals surface area contributed by atoms with Crippen LogP contribution in [0, 0.1) is 0 Å². The van der Waals surface area contributed by atoms with E-state index in [1.165, 1.54) is 31.0 Å². The number of piperidine rings is 1. The molecule has 1 saturated heterocycles. The van der Waals surface area contributed by atoms with Crippen LogP contribution in [0.25, 0.3) is 0 Å². The van der Waals surface area contributed by atoms with Gasteiger partial charge in [-0.2, -0.15) is 0 Å². The first-order valence-electron chi connectivity index (χ1n) is 8.34. The van der Waals surface area contributed by atoms with Crippen LogP contribution in [-0.4, -0.2) is 24.7 Å². The topological polar surface area (TPSA) is 32.3 Å².